The van der Waals surface area contributed by atoms with E-state index in [0.29, 0.717) is 10.8 Å². The van der Waals surface area contributed by atoms with Gasteiger partial charge < -0.3 is 5.32 Å². The Hall–Kier alpha value is -2.61. The lowest BCUT2D eigenvalue weighted by Crippen LogP contribution is -2.29. The Morgan fingerprint density at radius 1 is 1.20 bits per heavy atom. The standard InChI is InChI=1S/C16H14ClF3N4O/c1-10(15(25)22-9-11-2-7-14(17)21-8-11)23-24-13-5-3-12(4-6-13)16(18,19)20/h2-8,24H,9H2,1H3,(H,22,25)/b23-10+. The van der Waals surface area contributed by atoms with Crippen molar-refractivity contribution in [2.75, 3.05) is 5.43 Å². The van der Waals surface area contributed by atoms with Crippen LogP contribution in [0.25, 0.3) is 0 Å². The zero-order valence-corrected chi connectivity index (χ0v) is 13.8. The van der Waals surface area contributed by atoms with E-state index in [1.807, 2.05) is 0 Å². The molecule has 1 aromatic heterocycles. The van der Waals surface area contributed by atoms with Crippen LogP contribution in [-0.2, 0) is 17.5 Å². The smallest absolute Gasteiger partial charge is 0.347 e. The number of hydrogen-bond acceptors (Lipinski definition) is 4. The number of nitrogens with zero attached hydrogens (tertiary/aromatic N) is 2. The van der Waals surface area contributed by atoms with Crippen molar-refractivity contribution < 1.29 is 18.0 Å². The van der Waals surface area contributed by atoms with Crippen LogP contribution < -0.4 is 10.7 Å². The molecule has 1 heterocycles. The lowest BCUT2D eigenvalue weighted by atomic mass is 10.2. The summed E-state index contributed by atoms with van der Waals surface area (Å²) in [5.41, 5.74) is 3.01. The number of nitrogens with one attached hydrogen (secondary N) is 2. The molecule has 2 aromatic rings. The number of benzene rings is 1. The molecule has 0 aliphatic carbocycles. The van der Waals surface area contributed by atoms with Crippen LogP contribution >= 0.6 is 11.6 Å². The van der Waals surface area contributed by atoms with Gasteiger partial charge in [0.1, 0.15) is 10.9 Å². The van der Waals surface area contributed by atoms with Crippen LogP contribution in [-0.4, -0.2) is 16.6 Å². The molecular formula is C16H14ClF3N4O. The number of rotatable bonds is 5. The second-order valence-corrected chi connectivity index (χ2v) is 5.44. The molecule has 25 heavy (non-hydrogen) atoms. The second kappa shape index (κ2) is 7.98. The van der Waals surface area contributed by atoms with Gasteiger partial charge in [-0.15, -0.1) is 0 Å². The first-order valence-electron chi connectivity index (χ1n) is 7.12. The Kier molecular flexibility index (Phi) is 5.97. The van der Waals surface area contributed by atoms with Crippen LogP contribution in [0.15, 0.2) is 47.7 Å². The van der Waals surface area contributed by atoms with Gasteiger partial charge >= 0.3 is 6.18 Å². The van der Waals surface area contributed by atoms with Crippen molar-refractivity contribution in [3.8, 4) is 0 Å². The molecule has 1 amide bonds. The summed E-state index contributed by atoms with van der Waals surface area (Å²) >= 11 is 5.67. The van der Waals surface area contributed by atoms with E-state index in [0.717, 1.165) is 17.7 Å². The summed E-state index contributed by atoms with van der Waals surface area (Å²) in [7, 11) is 0. The van der Waals surface area contributed by atoms with E-state index in [1.165, 1.54) is 25.3 Å². The molecule has 0 aliphatic rings. The highest BCUT2D eigenvalue weighted by atomic mass is 35.5. The first-order valence-corrected chi connectivity index (χ1v) is 7.49. The van der Waals surface area contributed by atoms with Crippen LogP contribution in [0.3, 0.4) is 0 Å². The summed E-state index contributed by atoms with van der Waals surface area (Å²) < 4.78 is 37.4. The van der Waals surface area contributed by atoms with Crippen LogP contribution in [0.2, 0.25) is 5.15 Å². The molecule has 9 heteroatoms. The number of hydrogen-bond donors (Lipinski definition) is 2. The number of aromatic nitrogens is 1. The largest absolute Gasteiger partial charge is 0.416 e. The highest BCUT2D eigenvalue weighted by Gasteiger charge is 2.29. The lowest BCUT2D eigenvalue weighted by molar-refractivity contribution is -0.137. The molecule has 0 fully saturated rings. The van der Waals surface area contributed by atoms with Crippen molar-refractivity contribution in [2.24, 2.45) is 5.10 Å². The van der Waals surface area contributed by atoms with Crippen molar-refractivity contribution >= 4 is 28.9 Å². The molecule has 0 radical (unpaired) electrons. The summed E-state index contributed by atoms with van der Waals surface area (Å²) in [6.45, 7) is 1.72. The van der Waals surface area contributed by atoms with Crippen molar-refractivity contribution in [2.45, 2.75) is 19.6 Å². The zero-order valence-electron chi connectivity index (χ0n) is 13.1. The fourth-order valence-corrected chi connectivity index (χ4v) is 1.87. The molecule has 0 bridgehead atoms. The minimum absolute atomic E-state index is 0.127. The van der Waals surface area contributed by atoms with Crippen molar-refractivity contribution in [3.05, 3.63) is 58.9 Å². The average molecular weight is 371 g/mol. The van der Waals surface area contributed by atoms with Gasteiger partial charge in [0, 0.05) is 12.7 Å². The van der Waals surface area contributed by atoms with E-state index in [-0.39, 0.29) is 12.3 Å². The summed E-state index contributed by atoms with van der Waals surface area (Å²) in [6, 6.07) is 7.66. The third-order valence-corrected chi connectivity index (χ3v) is 3.36. The van der Waals surface area contributed by atoms with Gasteiger partial charge in [0.15, 0.2) is 0 Å². The van der Waals surface area contributed by atoms with E-state index >= 15 is 0 Å². The normalized spacial score (nSPS) is 12.0. The number of carbonyl (C=O) groups excluding carboxylic acids is 1. The number of carbonyl (C=O) groups is 1. The fourth-order valence-electron chi connectivity index (χ4n) is 1.75. The number of hydrazone groups is 1. The molecule has 132 valence electrons. The number of alkyl halides is 3. The monoisotopic (exact) mass is 370 g/mol. The predicted molar refractivity (Wildman–Crippen MR) is 89.3 cm³/mol. The van der Waals surface area contributed by atoms with Crippen LogP contribution in [0.5, 0.6) is 0 Å². The first kappa shape index (κ1) is 18.7. The molecule has 2 N–H and O–H groups in total. The van der Waals surface area contributed by atoms with Crippen LogP contribution in [0.1, 0.15) is 18.1 Å². The molecule has 0 saturated heterocycles. The molecule has 2 rings (SSSR count). The zero-order chi connectivity index (χ0) is 18.4. The maximum absolute atomic E-state index is 12.5. The molecule has 0 unspecified atom stereocenters. The third-order valence-electron chi connectivity index (χ3n) is 3.14. The summed E-state index contributed by atoms with van der Waals surface area (Å²) in [4.78, 5) is 15.8. The number of pyridine rings is 1. The Morgan fingerprint density at radius 2 is 1.88 bits per heavy atom. The summed E-state index contributed by atoms with van der Waals surface area (Å²) in [5.74, 6) is -0.422. The van der Waals surface area contributed by atoms with E-state index in [9.17, 15) is 18.0 Å². The van der Waals surface area contributed by atoms with Gasteiger partial charge in [-0.05, 0) is 42.8 Å². The Labute approximate surface area is 146 Å². The molecular weight excluding hydrogens is 357 g/mol. The Balaban J connectivity index is 1.89. The maximum atomic E-state index is 12.5. The first-order chi connectivity index (χ1) is 11.8. The summed E-state index contributed by atoms with van der Waals surface area (Å²) in [6.07, 6.45) is -2.86. The van der Waals surface area contributed by atoms with E-state index in [4.69, 9.17) is 11.6 Å². The maximum Gasteiger partial charge on any atom is 0.416 e. The second-order valence-electron chi connectivity index (χ2n) is 5.06. The van der Waals surface area contributed by atoms with Crippen molar-refractivity contribution in [1.82, 2.24) is 10.3 Å². The van der Waals surface area contributed by atoms with Crippen molar-refractivity contribution in [1.29, 1.82) is 0 Å². The fraction of sp³-hybridized carbons (Fsp3) is 0.188. The van der Waals surface area contributed by atoms with Gasteiger partial charge in [-0.25, -0.2) is 4.98 Å². The van der Waals surface area contributed by atoms with Gasteiger partial charge in [-0.1, -0.05) is 17.7 Å². The Morgan fingerprint density at radius 3 is 2.44 bits per heavy atom. The SMILES string of the molecule is C/C(=N\Nc1ccc(C(F)(F)F)cc1)C(=O)NCc1ccc(Cl)nc1. The lowest BCUT2D eigenvalue weighted by Gasteiger charge is -2.08. The molecule has 0 atom stereocenters. The van der Waals surface area contributed by atoms with Gasteiger partial charge in [0.2, 0.25) is 0 Å². The highest BCUT2D eigenvalue weighted by Crippen LogP contribution is 2.29. The average Bonchev–Trinajstić information content (AvgIpc) is 2.58. The van der Waals surface area contributed by atoms with E-state index in [1.54, 1.807) is 12.1 Å². The summed E-state index contributed by atoms with van der Waals surface area (Å²) in [5, 5.41) is 6.85. The third kappa shape index (κ3) is 5.75. The van der Waals surface area contributed by atoms with Gasteiger partial charge in [-0.3, -0.25) is 10.2 Å². The van der Waals surface area contributed by atoms with Crippen molar-refractivity contribution in [3.63, 3.8) is 0 Å². The minimum atomic E-state index is -4.39. The Bertz CT molecular complexity index is 758. The van der Waals surface area contributed by atoms with Crippen LogP contribution in [0, 0.1) is 0 Å². The van der Waals surface area contributed by atoms with Gasteiger partial charge in [0.25, 0.3) is 5.91 Å². The van der Waals surface area contributed by atoms with E-state index in [2.05, 4.69) is 20.8 Å². The molecule has 1 aromatic carbocycles. The molecule has 0 aliphatic heterocycles. The predicted octanol–water partition coefficient (Wildman–Crippen LogP) is 3.86. The molecule has 0 saturated carbocycles. The molecule has 5 nitrogen and oxygen atoms in total. The van der Waals surface area contributed by atoms with Crippen LogP contribution in [0.4, 0.5) is 18.9 Å². The van der Waals surface area contributed by atoms with E-state index < -0.39 is 17.6 Å². The number of anilines is 1. The number of halogens is 4. The topological polar surface area (TPSA) is 66.4 Å². The minimum Gasteiger partial charge on any atom is -0.347 e. The van der Waals surface area contributed by atoms with Gasteiger partial charge in [-0.2, -0.15) is 18.3 Å². The number of amides is 1. The quantitative estimate of drug-likeness (QED) is 0.477. The highest BCUT2D eigenvalue weighted by molar-refractivity contribution is 6.38. The molecule has 0 spiro atoms. The van der Waals surface area contributed by atoms with Gasteiger partial charge in [0.05, 0.1) is 11.3 Å².